The quantitative estimate of drug-likeness (QED) is 0.605. The maximum Gasteiger partial charge on any atom is 0.336 e. The maximum atomic E-state index is 11.1. The minimum Gasteiger partial charge on any atom is -0.508 e. The zero-order chi connectivity index (χ0) is 13.2. The summed E-state index contributed by atoms with van der Waals surface area (Å²) in [5.74, 6) is -4.77. The third-order valence-corrected chi connectivity index (χ3v) is 2.47. The van der Waals surface area contributed by atoms with Crippen LogP contribution in [-0.4, -0.2) is 38.0 Å². The molecule has 17 heavy (non-hydrogen) atoms. The molecule has 92 valence electrons. The van der Waals surface area contributed by atoms with Gasteiger partial charge >= 0.3 is 11.9 Å². The molecule has 0 aliphatic carbocycles. The second kappa shape index (κ2) is 4.42. The van der Waals surface area contributed by atoms with Crippen molar-refractivity contribution in [2.75, 3.05) is 0 Å². The van der Waals surface area contributed by atoms with Gasteiger partial charge in [-0.1, -0.05) is 12.1 Å². The number of aliphatic carboxylic acids is 2. The van der Waals surface area contributed by atoms with E-state index in [2.05, 4.69) is 0 Å². The van der Waals surface area contributed by atoms with Crippen LogP contribution >= 0.6 is 0 Å². The van der Waals surface area contributed by atoms with Crippen LogP contribution in [0, 0.1) is 0 Å². The van der Waals surface area contributed by atoms with E-state index in [0.717, 1.165) is 6.92 Å². The molecule has 0 saturated heterocycles. The van der Waals surface area contributed by atoms with Gasteiger partial charge in [-0.2, -0.15) is 0 Å². The average molecular weight is 240 g/mol. The van der Waals surface area contributed by atoms with Crippen molar-refractivity contribution in [3.8, 4) is 5.75 Å². The van der Waals surface area contributed by atoms with Gasteiger partial charge in [0.2, 0.25) is 0 Å². The summed E-state index contributed by atoms with van der Waals surface area (Å²) in [6.07, 6.45) is 0. The molecule has 0 bridgehead atoms. The van der Waals surface area contributed by atoms with Crippen molar-refractivity contribution in [2.24, 2.45) is 0 Å². The third-order valence-electron chi connectivity index (χ3n) is 2.47. The largest absolute Gasteiger partial charge is 0.508 e. The highest BCUT2D eigenvalue weighted by Crippen LogP contribution is 2.30. The molecule has 0 spiro atoms. The number of hydrogen-bond acceptors (Lipinski definition) is 4. The summed E-state index contributed by atoms with van der Waals surface area (Å²) in [4.78, 5) is 21.9. The van der Waals surface area contributed by atoms with E-state index in [1.807, 2.05) is 0 Å². The number of hydrogen-bond donors (Lipinski definition) is 4. The maximum absolute atomic E-state index is 11.1. The van der Waals surface area contributed by atoms with Crippen molar-refractivity contribution >= 4 is 11.9 Å². The summed E-state index contributed by atoms with van der Waals surface area (Å²) < 4.78 is 0. The molecule has 4 N–H and O–H groups in total. The van der Waals surface area contributed by atoms with Crippen molar-refractivity contribution in [1.29, 1.82) is 0 Å². The monoisotopic (exact) mass is 240 g/mol. The summed E-state index contributed by atoms with van der Waals surface area (Å²) in [6.45, 7) is 0.918. The van der Waals surface area contributed by atoms with Crippen molar-refractivity contribution in [2.45, 2.75) is 18.4 Å². The Morgan fingerprint density at radius 3 is 2.00 bits per heavy atom. The normalized spacial score (nSPS) is 15.9. The van der Waals surface area contributed by atoms with Crippen LogP contribution in [0.3, 0.4) is 0 Å². The molecular formula is C11H12O6. The number of carbonyl (C=O) groups is 2. The lowest BCUT2D eigenvalue weighted by atomic mass is 9.83. The van der Waals surface area contributed by atoms with Gasteiger partial charge in [0, 0.05) is 0 Å². The molecule has 1 aromatic carbocycles. The Bertz CT molecular complexity index is 434. The molecule has 1 rings (SSSR count). The number of rotatable bonds is 4. The zero-order valence-electron chi connectivity index (χ0n) is 8.99. The van der Waals surface area contributed by atoms with Crippen LogP contribution in [0.5, 0.6) is 5.75 Å². The Hall–Kier alpha value is -2.08. The van der Waals surface area contributed by atoms with E-state index in [1.165, 1.54) is 24.3 Å². The minimum atomic E-state index is -2.43. The van der Waals surface area contributed by atoms with E-state index in [4.69, 9.17) is 15.3 Å². The highest BCUT2D eigenvalue weighted by Gasteiger charge is 2.45. The Labute approximate surface area is 96.8 Å². The lowest BCUT2D eigenvalue weighted by Gasteiger charge is -2.25. The fraction of sp³-hybridized carbons (Fsp3) is 0.273. The minimum absolute atomic E-state index is 0.0761. The molecule has 0 radical (unpaired) electrons. The smallest absolute Gasteiger partial charge is 0.336 e. The van der Waals surface area contributed by atoms with Crippen LogP contribution < -0.4 is 0 Å². The first-order valence-corrected chi connectivity index (χ1v) is 4.74. The van der Waals surface area contributed by atoms with Gasteiger partial charge in [0.05, 0.1) is 0 Å². The third kappa shape index (κ3) is 2.54. The lowest BCUT2D eigenvalue weighted by molar-refractivity contribution is -0.166. The summed E-state index contributed by atoms with van der Waals surface area (Å²) in [6, 6.07) is 4.96. The molecule has 1 aromatic rings. The molecule has 0 aliphatic rings. The predicted molar refractivity (Wildman–Crippen MR) is 56.7 cm³/mol. The van der Waals surface area contributed by atoms with Gasteiger partial charge in [0.25, 0.3) is 0 Å². The van der Waals surface area contributed by atoms with Crippen LogP contribution in [0.15, 0.2) is 24.3 Å². The van der Waals surface area contributed by atoms with E-state index >= 15 is 0 Å². The molecule has 0 saturated carbocycles. The Morgan fingerprint density at radius 2 is 1.65 bits per heavy atom. The summed E-state index contributed by atoms with van der Waals surface area (Å²) >= 11 is 0. The zero-order valence-corrected chi connectivity index (χ0v) is 8.99. The van der Waals surface area contributed by atoms with E-state index in [1.54, 1.807) is 0 Å². The van der Waals surface area contributed by atoms with E-state index < -0.39 is 23.5 Å². The van der Waals surface area contributed by atoms with E-state index in [9.17, 15) is 14.7 Å². The highest BCUT2D eigenvalue weighted by molar-refractivity contribution is 5.89. The fourth-order valence-corrected chi connectivity index (χ4v) is 1.50. The SMILES string of the molecule is CC(O)(C(=O)O)C(C(=O)O)c1ccc(O)cc1. The van der Waals surface area contributed by atoms with Gasteiger partial charge in [-0.05, 0) is 24.6 Å². The lowest BCUT2D eigenvalue weighted by Crippen LogP contribution is -2.44. The van der Waals surface area contributed by atoms with Crippen molar-refractivity contribution < 1.29 is 30.0 Å². The van der Waals surface area contributed by atoms with Gasteiger partial charge < -0.3 is 20.4 Å². The number of phenols is 1. The van der Waals surface area contributed by atoms with Crippen LogP contribution in [-0.2, 0) is 9.59 Å². The number of aliphatic hydroxyl groups is 1. The first-order chi connectivity index (χ1) is 7.76. The van der Waals surface area contributed by atoms with Crippen molar-refractivity contribution in [3.05, 3.63) is 29.8 Å². The number of aromatic hydroxyl groups is 1. The molecule has 2 atom stereocenters. The van der Waals surface area contributed by atoms with Crippen LogP contribution in [0.2, 0.25) is 0 Å². The molecule has 2 unspecified atom stereocenters. The van der Waals surface area contributed by atoms with Crippen LogP contribution in [0.4, 0.5) is 0 Å². The van der Waals surface area contributed by atoms with E-state index in [-0.39, 0.29) is 11.3 Å². The highest BCUT2D eigenvalue weighted by atomic mass is 16.4. The number of benzene rings is 1. The standard InChI is InChI=1S/C11H12O6/c1-11(17,10(15)16)8(9(13)14)6-2-4-7(12)5-3-6/h2-5,8,12,17H,1H3,(H,13,14)(H,15,16). The van der Waals surface area contributed by atoms with Gasteiger partial charge in [-0.25, -0.2) is 4.79 Å². The van der Waals surface area contributed by atoms with E-state index in [0.29, 0.717) is 0 Å². The number of carboxylic acids is 2. The summed E-state index contributed by atoms with van der Waals surface area (Å²) in [7, 11) is 0. The molecular weight excluding hydrogens is 228 g/mol. The van der Waals surface area contributed by atoms with Gasteiger partial charge in [-0.3, -0.25) is 4.79 Å². The molecule has 6 heteroatoms. The summed E-state index contributed by atoms with van der Waals surface area (Å²) in [5, 5.41) is 36.6. The van der Waals surface area contributed by atoms with Crippen LogP contribution in [0.1, 0.15) is 18.4 Å². The summed E-state index contributed by atoms with van der Waals surface area (Å²) in [5.41, 5.74) is -2.33. The average Bonchev–Trinajstić information content (AvgIpc) is 2.20. The second-order valence-electron chi connectivity index (χ2n) is 3.82. The molecule has 0 amide bonds. The topological polar surface area (TPSA) is 115 Å². The number of carboxylic acid groups (broad SMARTS) is 2. The first-order valence-electron chi connectivity index (χ1n) is 4.74. The fourth-order valence-electron chi connectivity index (χ4n) is 1.50. The van der Waals surface area contributed by atoms with Crippen LogP contribution in [0.25, 0.3) is 0 Å². The molecule has 0 heterocycles. The second-order valence-corrected chi connectivity index (χ2v) is 3.82. The molecule has 0 aliphatic heterocycles. The molecule has 6 nitrogen and oxygen atoms in total. The molecule has 0 fully saturated rings. The number of phenolic OH excluding ortho intramolecular Hbond substituents is 1. The Balaban J connectivity index is 3.23. The van der Waals surface area contributed by atoms with Crippen molar-refractivity contribution in [1.82, 2.24) is 0 Å². The predicted octanol–water partition coefficient (Wildman–Crippen LogP) is 0.396. The van der Waals surface area contributed by atoms with Gasteiger partial charge in [0.1, 0.15) is 11.7 Å². The Morgan fingerprint density at radius 1 is 1.18 bits per heavy atom. The Kier molecular flexibility index (Phi) is 3.38. The first kappa shape index (κ1) is 13.0. The molecule has 0 aromatic heterocycles. The van der Waals surface area contributed by atoms with Crippen molar-refractivity contribution in [3.63, 3.8) is 0 Å². The van der Waals surface area contributed by atoms with Gasteiger partial charge in [0.15, 0.2) is 5.60 Å². The van der Waals surface area contributed by atoms with Gasteiger partial charge in [-0.15, -0.1) is 0 Å².